The third-order valence-electron chi connectivity index (χ3n) is 4.76. The summed E-state index contributed by atoms with van der Waals surface area (Å²) in [6.07, 6.45) is 1.69. The number of hydrogen-bond donors (Lipinski definition) is 2. The Bertz CT molecular complexity index is 812. The van der Waals surface area contributed by atoms with E-state index in [1.807, 2.05) is 36.1 Å². The number of anilines is 1. The first-order valence-corrected chi connectivity index (χ1v) is 12.0. The van der Waals surface area contributed by atoms with Crippen LogP contribution >= 0.6 is 35.6 Å². The van der Waals surface area contributed by atoms with Gasteiger partial charge in [-0.2, -0.15) is 0 Å². The zero-order valence-corrected chi connectivity index (χ0v) is 21.5. The molecule has 0 aliphatic carbocycles. The van der Waals surface area contributed by atoms with Crippen LogP contribution in [-0.4, -0.2) is 83.0 Å². The van der Waals surface area contributed by atoms with Crippen molar-refractivity contribution in [3.8, 4) is 0 Å². The maximum absolute atomic E-state index is 12.5. The monoisotopic (exact) mass is 571 g/mol. The van der Waals surface area contributed by atoms with Crippen molar-refractivity contribution >= 4 is 63.0 Å². The summed E-state index contributed by atoms with van der Waals surface area (Å²) >= 11 is 5.94. The van der Waals surface area contributed by atoms with E-state index < -0.39 is 9.84 Å². The summed E-state index contributed by atoms with van der Waals surface area (Å²) < 4.78 is 22.6. The Morgan fingerprint density at radius 1 is 1.20 bits per heavy atom. The van der Waals surface area contributed by atoms with E-state index in [2.05, 4.69) is 20.5 Å². The number of nitrogens with zero attached hydrogens (tertiary/aromatic N) is 3. The molecule has 11 heteroatoms. The number of guanidine groups is 1. The van der Waals surface area contributed by atoms with E-state index in [1.54, 1.807) is 7.05 Å². The lowest BCUT2D eigenvalue weighted by Gasteiger charge is -2.36. The number of amides is 1. The Kier molecular flexibility index (Phi) is 11.2. The summed E-state index contributed by atoms with van der Waals surface area (Å²) in [6.45, 7) is 4.86. The first kappa shape index (κ1) is 26.8. The molecule has 2 N–H and O–H groups in total. The molecule has 1 heterocycles. The molecule has 1 aliphatic heterocycles. The van der Waals surface area contributed by atoms with Gasteiger partial charge < -0.3 is 20.4 Å². The molecule has 0 saturated carbocycles. The van der Waals surface area contributed by atoms with E-state index in [4.69, 9.17) is 11.6 Å². The van der Waals surface area contributed by atoms with Crippen LogP contribution in [0.2, 0.25) is 5.02 Å². The number of aliphatic imine (C=N–C) groups is 1. The predicted molar refractivity (Wildman–Crippen MR) is 134 cm³/mol. The van der Waals surface area contributed by atoms with E-state index in [1.165, 1.54) is 6.26 Å². The molecule has 0 bridgehead atoms. The summed E-state index contributed by atoms with van der Waals surface area (Å²) in [5.74, 6) is 0.598. The first-order valence-electron chi connectivity index (χ1n) is 9.61. The molecule has 1 aromatic carbocycles. The zero-order valence-electron chi connectivity index (χ0n) is 17.6. The van der Waals surface area contributed by atoms with Crippen molar-refractivity contribution in [2.24, 2.45) is 4.99 Å². The molecule has 170 valence electrons. The Hall–Kier alpha value is -1.27. The summed E-state index contributed by atoms with van der Waals surface area (Å²) in [7, 11) is -1.38. The van der Waals surface area contributed by atoms with Crippen LogP contribution in [0, 0.1) is 0 Å². The molecule has 0 radical (unpaired) electrons. The zero-order chi connectivity index (χ0) is 21.4. The van der Waals surface area contributed by atoms with Gasteiger partial charge in [0, 0.05) is 56.2 Å². The molecule has 1 saturated heterocycles. The normalized spacial score (nSPS) is 15.9. The molecular weight excluding hydrogens is 541 g/mol. The molecule has 1 atom stereocenters. The quantitative estimate of drug-likeness (QED) is 0.293. The molecule has 30 heavy (non-hydrogen) atoms. The molecule has 2 rings (SSSR count). The van der Waals surface area contributed by atoms with Crippen LogP contribution in [-0.2, 0) is 14.6 Å². The van der Waals surface area contributed by atoms with Gasteiger partial charge in [0.15, 0.2) is 5.96 Å². The second kappa shape index (κ2) is 12.6. The van der Waals surface area contributed by atoms with E-state index >= 15 is 0 Å². The number of carbonyl (C=O) groups excluding carboxylic acids is 1. The third kappa shape index (κ3) is 9.25. The van der Waals surface area contributed by atoms with Crippen molar-refractivity contribution in [1.82, 2.24) is 15.5 Å². The number of nitrogens with one attached hydrogen (secondary N) is 2. The molecule has 0 spiro atoms. The molecule has 1 aliphatic rings. The Morgan fingerprint density at radius 2 is 1.80 bits per heavy atom. The number of piperazine rings is 1. The predicted octanol–water partition coefficient (Wildman–Crippen LogP) is 1.59. The van der Waals surface area contributed by atoms with Gasteiger partial charge in [-0.1, -0.05) is 11.6 Å². The fraction of sp³-hybridized carbons (Fsp3) is 0.579. The smallest absolute Gasteiger partial charge is 0.242 e. The minimum atomic E-state index is -3.00. The SMILES string of the molecule is CN=C(NCC(=O)N1CCN(c2ccc(Cl)cc2)CC1)NC(C)CCS(C)(=O)=O.I. The van der Waals surface area contributed by atoms with Gasteiger partial charge in [0.2, 0.25) is 5.91 Å². The lowest BCUT2D eigenvalue weighted by Crippen LogP contribution is -2.52. The van der Waals surface area contributed by atoms with Crippen molar-refractivity contribution in [3.63, 3.8) is 0 Å². The fourth-order valence-corrected chi connectivity index (χ4v) is 3.94. The van der Waals surface area contributed by atoms with Crippen LogP contribution < -0.4 is 15.5 Å². The lowest BCUT2D eigenvalue weighted by atomic mass is 10.2. The number of benzene rings is 1. The van der Waals surface area contributed by atoms with Crippen molar-refractivity contribution in [2.45, 2.75) is 19.4 Å². The molecule has 1 aromatic rings. The Balaban J connectivity index is 0.00000450. The van der Waals surface area contributed by atoms with Crippen LogP contribution in [0.5, 0.6) is 0 Å². The maximum Gasteiger partial charge on any atom is 0.242 e. The highest BCUT2D eigenvalue weighted by atomic mass is 127. The topological polar surface area (TPSA) is 94.1 Å². The highest BCUT2D eigenvalue weighted by molar-refractivity contribution is 14.0. The third-order valence-corrected chi connectivity index (χ3v) is 5.99. The van der Waals surface area contributed by atoms with Gasteiger partial charge in [0.05, 0.1) is 12.3 Å². The van der Waals surface area contributed by atoms with Gasteiger partial charge in [-0.25, -0.2) is 8.42 Å². The van der Waals surface area contributed by atoms with E-state index in [0.29, 0.717) is 30.5 Å². The van der Waals surface area contributed by atoms with Crippen LogP contribution in [0.15, 0.2) is 29.3 Å². The van der Waals surface area contributed by atoms with E-state index in [9.17, 15) is 13.2 Å². The Morgan fingerprint density at radius 3 is 2.33 bits per heavy atom. The molecule has 8 nitrogen and oxygen atoms in total. The number of halogens is 2. The van der Waals surface area contributed by atoms with Gasteiger partial charge in [-0.3, -0.25) is 9.79 Å². The van der Waals surface area contributed by atoms with Crippen LogP contribution in [0.25, 0.3) is 0 Å². The standard InChI is InChI=1S/C19H30ClN5O3S.HI/c1-15(8-13-29(3,27)28)23-19(21-2)22-14-18(26)25-11-9-24(10-12-25)17-6-4-16(20)5-7-17;/h4-7,15H,8-14H2,1-3H3,(H2,21,22,23);1H. The number of sulfone groups is 1. The van der Waals surface area contributed by atoms with Crippen LogP contribution in [0.1, 0.15) is 13.3 Å². The first-order chi connectivity index (χ1) is 13.7. The second-order valence-electron chi connectivity index (χ2n) is 7.23. The van der Waals surface area contributed by atoms with Gasteiger partial charge in [0.1, 0.15) is 9.84 Å². The highest BCUT2D eigenvalue weighted by Crippen LogP contribution is 2.19. The lowest BCUT2D eigenvalue weighted by molar-refractivity contribution is -0.130. The largest absolute Gasteiger partial charge is 0.368 e. The van der Waals surface area contributed by atoms with Gasteiger partial charge in [-0.15, -0.1) is 24.0 Å². The summed E-state index contributed by atoms with van der Waals surface area (Å²) in [5, 5.41) is 6.84. The number of rotatable bonds is 7. The van der Waals surface area contributed by atoms with Crippen molar-refractivity contribution in [3.05, 3.63) is 29.3 Å². The number of hydrogen-bond acceptors (Lipinski definition) is 5. The highest BCUT2D eigenvalue weighted by Gasteiger charge is 2.21. The minimum Gasteiger partial charge on any atom is -0.368 e. The second-order valence-corrected chi connectivity index (χ2v) is 9.93. The van der Waals surface area contributed by atoms with E-state index in [-0.39, 0.29) is 48.2 Å². The van der Waals surface area contributed by atoms with Crippen LogP contribution in [0.3, 0.4) is 0 Å². The van der Waals surface area contributed by atoms with Crippen molar-refractivity contribution in [2.75, 3.05) is 56.7 Å². The molecule has 1 unspecified atom stereocenters. The average Bonchev–Trinajstić information content (AvgIpc) is 2.69. The van der Waals surface area contributed by atoms with Crippen LogP contribution in [0.4, 0.5) is 5.69 Å². The number of carbonyl (C=O) groups is 1. The van der Waals surface area contributed by atoms with Gasteiger partial charge in [-0.05, 0) is 37.6 Å². The van der Waals surface area contributed by atoms with Crippen molar-refractivity contribution in [1.29, 1.82) is 0 Å². The summed E-state index contributed by atoms with van der Waals surface area (Å²) in [5.41, 5.74) is 1.10. The molecule has 1 amide bonds. The summed E-state index contributed by atoms with van der Waals surface area (Å²) in [4.78, 5) is 20.7. The van der Waals surface area contributed by atoms with Crippen molar-refractivity contribution < 1.29 is 13.2 Å². The molecule has 0 aromatic heterocycles. The average molecular weight is 572 g/mol. The molecule has 1 fully saturated rings. The minimum absolute atomic E-state index is 0. The van der Waals surface area contributed by atoms with Gasteiger partial charge >= 0.3 is 0 Å². The van der Waals surface area contributed by atoms with E-state index in [0.717, 1.165) is 18.8 Å². The summed E-state index contributed by atoms with van der Waals surface area (Å²) in [6, 6.07) is 7.64. The molecular formula is C19H31ClIN5O3S. The maximum atomic E-state index is 12.5. The Labute approximate surface area is 201 Å². The van der Waals surface area contributed by atoms with Gasteiger partial charge in [0.25, 0.3) is 0 Å². The fourth-order valence-electron chi connectivity index (χ4n) is 3.03.